The summed E-state index contributed by atoms with van der Waals surface area (Å²) >= 11 is 0. The molecule has 0 aliphatic heterocycles. The average Bonchev–Trinajstić information content (AvgIpc) is 2.33. The van der Waals surface area contributed by atoms with Crippen molar-refractivity contribution in [2.75, 3.05) is 0 Å². The molecular formula is C14H18F3NO. The molecule has 1 atom stereocenters. The Hall–Kier alpha value is -1.52. The molecule has 1 unspecified atom stereocenters. The predicted molar refractivity (Wildman–Crippen MR) is 69.2 cm³/mol. The number of hydrogen-bond acceptors (Lipinski definition) is 2. The molecule has 0 amide bonds. The van der Waals surface area contributed by atoms with Crippen LogP contribution in [0.3, 0.4) is 0 Å². The number of halogens is 3. The molecular weight excluding hydrogens is 255 g/mol. The number of oxime groups is 1. The number of benzene rings is 1. The van der Waals surface area contributed by atoms with Crippen molar-refractivity contribution in [2.45, 2.75) is 46.4 Å². The van der Waals surface area contributed by atoms with Crippen LogP contribution in [-0.2, 0) is 11.0 Å². The Morgan fingerprint density at radius 3 is 2.53 bits per heavy atom. The van der Waals surface area contributed by atoms with Gasteiger partial charge >= 0.3 is 6.18 Å². The van der Waals surface area contributed by atoms with E-state index >= 15 is 0 Å². The van der Waals surface area contributed by atoms with Crippen LogP contribution in [0, 0.1) is 6.92 Å². The van der Waals surface area contributed by atoms with Crippen molar-refractivity contribution in [3.63, 3.8) is 0 Å². The lowest BCUT2D eigenvalue weighted by Gasteiger charge is -2.15. The van der Waals surface area contributed by atoms with Gasteiger partial charge in [0.1, 0.15) is 6.10 Å². The fourth-order valence-electron chi connectivity index (χ4n) is 1.64. The van der Waals surface area contributed by atoms with E-state index in [0.717, 1.165) is 6.42 Å². The maximum absolute atomic E-state index is 13.0. The summed E-state index contributed by atoms with van der Waals surface area (Å²) in [5, 5.41) is 3.80. The van der Waals surface area contributed by atoms with E-state index in [1.807, 2.05) is 13.8 Å². The summed E-state index contributed by atoms with van der Waals surface area (Å²) in [5.74, 6) is 0. The molecule has 0 fully saturated rings. The minimum absolute atomic E-state index is 0.0656. The molecule has 0 N–H and O–H groups in total. The molecule has 0 saturated heterocycles. The fourth-order valence-corrected chi connectivity index (χ4v) is 1.64. The summed E-state index contributed by atoms with van der Waals surface area (Å²) in [7, 11) is 0. The van der Waals surface area contributed by atoms with Gasteiger partial charge in [-0.25, -0.2) is 0 Å². The summed E-state index contributed by atoms with van der Waals surface area (Å²) in [6, 6.07) is 4.44. The van der Waals surface area contributed by atoms with Gasteiger partial charge in [-0.15, -0.1) is 0 Å². The predicted octanol–water partition coefficient (Wildman–Crippen LogP) is 4.55. The van der Waals surface area contributed by atoms with E-state index in [2.05, 4.69) is 5.16 Å². The second kappa shape index (κ2) is 6.08. The van der Waals surface area contributed by atoms with Crippen molar-refractivity contribution >= 4 is 5.71 Å². The summed E-state index contributed by atoms with van der Waals surface area (Å²) in [6.07, 6.45) is -3.76. The molecule has 2 nitrogen and oxygen atoms in total. The molecule has 0 bridgehead atoms. The van der Waals surface area contributed by atoms with Gasteiger partial charge in [0.25, 0.3) is 0 Å². The Balaban J connectivity index is 3.17. The first-order chi connectivity index (χ1) is 8.77. The zero-order chi connectivity index (χ0) is 14.6. The molecule has 0 aromatic heterocycles. The van der Waals surface area contributed by atoms with Crippen molar-refractivity contribution in [3.8, 4) is 0 Å². The molecule has 19 heavy (non-hydrogen) atoms. The zero-order valence-corrected chi connectivity index (χ0v) is 11.5. The highest BCUT2D eigenvalue weighted by Crippen LogP contribution is 2.34. The molecule has 0 spiro atoms. The number of nitrogens with zero attached hydrogens (tertiary/aromatic N) is 1. The first kappa shape index (κ1) is 15.5. The molecule has 106 valence electrons. The van der Waals surface area contributed by atoms with Crippen LogP contribution in [-0.4, -0.2) is 11.8 Å². The van der Waals surface area contributed by atoms with Crippen molar-refractivity contribution in [1.82, 2.24) is 0 Å². The highest BCUT2D eigenvalue weighted by molar-refractivity contribution is 6.00. The van der Waals surface area contributed by atoms with Gasteiger partial charge in [-0.1, -0.05) is 30.3 Å². The SMILES string of the molecule is CCC(C)ON=C(C)c1cccc(C)c1C(F)(F)F. The lowest BCUT2D eigenvalue weighted by atomic mass is 9.98. The van der Waals surface area contributed by atoms with E-state index in [0.29, 0.717) is 0 Å². The highest BCUT2D eigenvalue weighted by atomic mass is 19.4. The topological polar surface area (TPSA) is 21.6 Å². The normalized spacial score (nSPS) is 14.4. The molecule has 1 rings (SSSR count). The van der Waals surface area contributed by atoms with Gasteiger partial charge in [0.15, 0.2) is 0 Å². The van der Waals surface area contributed by atoms with Crippen molar-refractivity contribution in [1.29, 1.82) is 0 Å². The number of rotatable bonds is 4. The van der Waals surface area contributed by atoms with Crippen LogP contribution in [0.1, 0.15) is 43.9 Å². The molecule has 1 aromatic carbocycles. The molecule has 0 heterocycles. The molecule has 0 saturated carbocycles. The minimum atomic E-state index is -4.40. The second-order valence-electron chi connectivity index (χ2n) is 4.50. The molecule has 5 heteroatoms. The Morgan fingerprint density at radius 2 is 2.00 bits per heavy atom. The standard InChI is InChI=1S/C14H18F3NO/c1-5-10(3)19-18-11(4)12-8-6-7-9(2)13(12)14(15,16)17/h6-8,10H,5H2,1-4H3. The van der Waals surface area contributed by atoms with E-state index in [1.54, 1.807) is 6.07 Å². The Morgan fingerprint density at radius 1 is 1.37 bits per heavy atom. The third-order valence-electron chi connectivity index (χ3n) is 2.89. The second-order valence-corrected chi connectivity index (χ2v) is 4.50. The quantitative estimate of drug-likeness (QED) is 0.582. The van der Waals surface area contributed by atoms with Crippen LogP contribution in [0.25, 0.3) is 0 Å². The first-order valence-electron chi connectivity index (χ1n) is 6.15. The van der Waals surface area contributed by atoms with Crippen molar-refractivity contribution in [3.05, 3.63) is 34.9 Å². The van der Waals surface area contributed by atoms with E-state index < -0.39 is 11.7 Å². The smallest absolute Gasteiger partial charge is 0.393 e. The molecule has 0 radical (unpaired) electrons. The zero-order valence-electron chi connectivity index (χ0n) is 11.5. The van der Waals surface area contributed by atoms with Crippen molar-refractivity contribution < 1.29 is 18.0 Å². The molecule has 0 aliphatic carbocycles. The van der Waals surface area contributed by atoms with E-state index in [9.17, 15) is 13.2 Å². The molecule has 1 aromatic rings. The first-order valence-corrected chi connectivity index (χ1v) is 6.15. The maximum Gasteiger partial charge on any atom is 0.417 e. The van der Waals surface area contributed by atoms with E-state index in [1.165, 1.54) is 26.0 Å². The van der Waals surface area contributed by atoms with Crippen LogP contribution in [0.2, 0.25) is 0 Å². The van der Waals surface area contributed by atoms with Crippen LogP contribution >= 0.6 is 0 Å². The summed E-state index contributed by atoms with van der Waals surface area (Å²) < 4.78 is 39.1. The Labute approximate surface area is 111 Å². The largest absolute Gasteiger partial charge is 0.417 e. The van der Waals surface area contributed by atoms with Gasteiger partial charge in [-0.05, 0) is 32.8 Å². The van der Waals surface area contributed by atoms with Crippen molar-refractivity contribution in [2.24, 2.45) is 5.16 Å². The Kier molecular flexibility index (Phi) is 4.97. The third kappa shape index (κ3) is 3.98. The average molecular weight is 273 g/mol. The van der Waals surface area contributed by atoms with Crippen LogP contribution in [0.15, 0.2) is 23.4 Å². The van der Waals surface area contributed by atoms with Gasteiger partial charge in [-0.2, -0.15) is 13.2 Å². The lowest BCUT2D eigenvalue weighted by molar-refractivity contribution is -0.138. The van der Waals surface area contributed by atoms with E-state index in [4.69, 9.17) is 4.84 Å². The monoisotopic (exact) mass is 273 g/mol. The van der Waals surface area contributed by atoms with Gasteiger partial charge in [0.2, 0.25) is 0 Å². The maximum atomic E-state index is 13.0. The minimum Gasteiger partial charge on any atom is -0.393 e. The number of aryl methyl sites for hydroxylation is 1. The van der Waals surface area contributed by atoms with E-state index in [-0.39, 0.29) is 22.9 Å². The van der Waals surface area contributed by atoms with Crippen LogP contribution in [0.5, 0.6) is 0 Å². The van der Waals surface area contributed by atoms with Crippen LogP contribution < -0.4 is 0 Å². The summed E-state index contributed by atoms with van der Waals surface area (Å²) in [4.78, 5) is 5.14. The van der Waals surface area contributed by atoms with Crippen LogP contribution in [0.4, 0.5) is 13.2 Å². The van der Waals surface area contributed by atoms with Gasteiger partial charge < -0.3 is 4.84 Å². The summed E-state index contributed by atoms with van der Waals surface area (Å²) in [5.41, 5.74) is -0.167. The molecule has 0 aliphatic rings. The highest BCUT2D eigenvalue weighted by Gasteiger charge is 2.35. The lowest BCUT2D eigenvalue weighted by Crippen LogP contribution is -2.15. The Bertz CT molecular complexity index is 466. The van der Waals surface area contributed by atoms with Gasteiger partial charge in [0, 0.05) is 5.56 Å². The van der Waals surface area contributed by atoms with Gasteiger partial charge in [-0.3, -0.25) is 0 Å². The summed E-state index contributed by atoms with van der Waals surface area (Å²) in [6.45, 7) is 6.70. The fraction of sp³-hybridized carbons (Fsp3) is 0.500. The number of hydrogen-bond donors (Lipinski definition) is 0. The third-order valence-corrected chi connectivity index (χ3v) is 2.89. The van der Waals surface area contributed by atoms with Gasteiger partial charge in [0.05, 0.1) is 11.3 Å². The number of alkyl halides is 3.